The minimum atomic E-state index is 0.265. The van der Waals surface area contributed by atoms with Crippen LogP contribution in [0, 0.1) is 0 Å². The zero-order valence-corrected chi connectivity index (χ0v) is 13.0. The fourth-order valence-corrected chi connectivity index (χ4v) is 2.42. The van der Waals surface area contributed by atoms with Crippen molar-refractivity contribution in [2.75, 3.05) is 24.8 Å². The maximum Gasteiger partial charge on any atom is 0.137 e. The van der Waals surface area contributed by atoms with Gasteiger partial charge in [0.25, 0.3) is 0 Å². The van der Waals surface area contributed by atoms with Gasteiger partial charge in [-0.15, -0.1) is 0 Å². The Morgan fingerprint density at radius 3 is 2.62 bits per heavy atom. The highest BCUT2D eigenvalue weighted by Gasteiger charge is 2.17. The first-order valence-corrected chi connectivity index (χ1v) is 6.98. The monoisotopic (exact) mass is 286 g/mol. The van der Waals surface area contributed by atoms with Gasteiger partial charge in [0.1, 0.15) is 23.7 Å². The summed E-state index contributed by atoms with van der Waals surface area (Å²) in [4.78, 5) is 10.6. The van der Waals surface area contributed by atoms with Crippen LogP contribution in [0.4, 0.5) is 11.6 Å². The van der Waals surface area contributed by atoms with E-state index in [-0.39, 0.29) is 5.92 Å². The lowest BCUT2D eigenvalue weighted by atomic mass is 10.0. The van der Waals surface area contributed by atoms with Gasteiger partial charge in [-0.25, -0.2) is 9.97 Å². The van der Waals surface area contributed by atoms with E-state index in [9.17, 15) is 0 Å². The highest BCUT2D eigenvalue weighted by Crippen LogP contribution is 2.30. The van der Waals surface area contributed by atoms with Gasteiger partial charge in [0.05, 0.1) is 7.11 Å². The zero-order chi connectivity index (χ0) is 15.4. The van der Waals surface area contributed by atoms with Crippen molar-refractivity contribution in [3.63, 3.8) is 0 Å². The summed E-state index contributed by atoms with van der Waals surface area (Å²) in [6.45, 7) is 4.88. The van der Waals surface area contributed by atoms with E-state index in [4.69, 9.17) is 10.5 Å². The van der Waals surface area contributed by atoms with Crippen LogP contribution in [0.15, 0.2) is 30.6 Å². The molecule has 0 aliphatic rings. The van der Waals surface area contributed by atoms with E-state index in [0.717, 1.165) is 22.7 Å². The zero-order valence-electron chi connectivity index (χ0n) is 13.0. The Hall–Kier alpha value is -2.30. The molecule has 1 heterocycles. The van der Waals surface area contributed by atoms with Gasteiger partial charge in [-0.05, 0) is 12.0 Å². The lowest BCUT2D eigenvalue weighted by Gasteiger charge is -2.24. The molecule has 0 radical (unpaired) electrons. The van der Waals surface area contributed by atoms with Gasteiger partial charge in [-0.3, -0.25) is 0 Å². The molecule has 2 N–H and O–H groups in total. The Morgan fingerprint density at radius 1 is 1.24 bits per heavy atom. The number of hydrogen-bond acceptors (Lipinski definition) is 5. The number of anilines is 2. The number of aromatic nitrogens is 2. The van der Waals surface area contributed by atoms with Crippen LogP contribution in [0.1, 0.15) is 30.9 Å². The van der Waals surface area contributed by atoms with E-state index in [1.807, 2.05) is 25.2 Å². The normalized spacial score (nSPS) is 10.7. The third-order valence-electron chi connectivity index (χ3n) is 3.43. The Labute approximate surface area is 125 Å². The molecule has 0 fully saturated rings. The van der Waals surface area contributed by atoms with Crippen LogP contribution in [0.3, 0.4) is 0 Å². The number of nitrogens with two attached hydrogens (primary N) is 1. The van der Waals surface area contributed by atoms with Crippen LogP contribution < -0.4 is 15.4 Å². The smallest absolute Gasteiger partial charge is 0.137 e. The summed E-state index contributed by atoms with van der Waals surface area (Å²) in [5.74, 6) is 2.55. The van der Waals surface area contributed by atoms with Crippen molar-refractivity contribution in [1.82, 2.24) is 9.97 Å². The summed E-state index contributed by atoms with van der Waals surface area (Å²) < 4.78 is 5.40. The first kappa shape index (κ1) is 15.1. The summed E-state index contributed by atoms with van der Waals surface area (Å²) in [5.41, 5.74) is 8.09. The molecule has 2 aromatic rings. The molecule has 0 amide bonds. The van der Waals surface area contributed by atoms with Gasteiger partial charge >= 0.3 is 0 Å². The summed E-state index contributed by atoms with van der Waals surface area (Å²) >= 11 is 0. The fraction of sp³-hybridized carbons (Fsp3) is 0.375. The summed E-state index contributed by atoms with van der Waals surface area (Å²) in [6, 6.07) is 7.98. The molecule has 0 atom stereocenters. The molecule has 0 aliphatic heterocycles. The van der Waals surface area contributed by atoms with Gasteiger partial charge in [0.15, 0.2) is 0 Å². The number of benzene rings is 1. The predicted octanol–water partition coefficient (Wildman–Crippen LogP) is 2.83. The van der Waals surface area contributed by atoms with Gasteiger partial charge in [0.2, 0.25) is 0 Å². The van der Waals surface area contributed by atoms with Gasteiger partial charge in [-0.2, -0.15) is 0 Å². The molecular formula is C16H22N4O. The van der Waals surface area contributed by atoms with E-state index < -0.39 is 0 Å². The first-order chi connectivity index (χ1) is 10.0. The Bertz CT molecular complexity index is 613. The molecule has 5 nitrogen and oxygen atoms in total. The number of ether oxygens (including phenoxy) is 1. The summed E-state index contributed by atoms with van der Waals surface area (Å²) in [6.07, 6.45) is 1.51. The summed E-state index contributed by atoms with van der Waals surface area (Å²) in [5, 5.41) is 0. The standard InChI is InChI=1S/C16H22N4O/c1-11(2)14-15(17)18-10-19-16(14)20(3)9-12-7-5-6-8-13(12)21-4/h5-8,10-11H,9H2,1-4H3,(H2,17,18,19). The van der Waals surface area contributed by atoms with Crippen LogP contribution in [0.5, 0.6) is 5.75 Å². The molecule has 0 saturated heterocycles. The van der Waals surface area contributed by atoms with Crippen molar-refractivity contribution in [1.29, 1.82) is 0 Å². The van der Waals surface area contributed by atoms with Crippen LogP contribution in [-0.4, -0.2) is 24.1 Å². The molecule has 0 unspecified atom stereocenters. The topological polar surface area (TPSA) is 64.3 Å². The largest absolute Gasteiger partial charge is 0.496 e. The second-order valence-electron chi connectivity index (χ2n) is 5.32. The van der Waals surface area contributed by atoms with Gasteiger partial charge in [0, 0.05) is 24.7 Å². The maximum absolute atomic E-state index is 6.01. The van der Waals surface area contributed by atoms with E-state index >= 15 is 0 Å². The van der Waals surface area contributed by atoms with E-state index in [0.29, 0.717) is 12.4 Å². The van der Waals surface area contributed by atoms with E-state index in [1.54, 1.807) is 7.11 Å². The molecule has 1 aromatic carbocycles. The van der Waals surface area contributed by atoms with E-state index in [2.05, 4.69) is 34.8 Å². The lowest BCUT2D eigenvalue weighted by Crippen LogP contribution is -2.21. The number of methoxy groups -OCH3 is 1. The Kier molecular flexibility index (Phi) is 4.62. The summed E-state index contributed by atoms with van der Waals surface area (Å²) in [7, 11) is 3.68. The molecular weight excluding hydrogens is 264 g/mol. The third-order valence-corrected chi connectivity index (χ3v) is 3.43. The molecule has 0 saturated carbocycles. The average molecular weight is 286 g/mol. The van der Waals surface area contributed by atoms with E-state index in [1.165, 1.54) is 6.33 Å². The van der Waals surface area contributed by atoms with Crippen LogP contribution in [0.25, 0.3) is 0 Å². The fourth-order valence-electron chi connectivity index (χ4n) is 2.42. The third kappa shape index (κ3) is 3.24. The first-order valence-electron chi connectivity index (χ1n) is 6.98. The SMILES string of the molecule is COc1ccccc1CN(C)c1ncnc(N)c1C(C)C. The van der Waals surface area contributed by atoms with Crippen molar-refractivity contribution >= 4 is 11.6 Å². The quantitative estimate of drug-likeness (QED) is 0.915. The minimum absolute atomic E-state index is 0.265. The molecule has 2 rings (SSSR count). The Balaban J connectivity index is 2.33. The highest BCUT2D eigenvalue weighted by molar-refractivity contribution is 5.58. The molecule has 1 aromatic heterocycles. The predicted molar refractivity (Wildman–Crippen MR) is 85.6 cm³/mol. The number of hydrogen-bond donors (Lipinski definition) is 1. The van der Waals surface area contributed by atoms with Gasteiger partial charge < -0.3 is 15.4 Å². The van der Waals surface area contributed by atoms with Crippen molar-refractivity contribution in [3.05, 3.63) is 41.7 Å². The maximum atomic E-state index is 6.01. The van der Waals surface area contributed by atoms with Crippen LogP contribution >= 0.6 is 0 Å². The van der Waals surface area contributed by atoms with Crippen LogP contribution in [-0.2, 0) is 6.54 Å². The molecule has 0 aliphatic carbocycles. The van der Waals surface area contributed by atoms with Gasteiger partial charge in [-0.1, -0.05) is 32.0 Å². The number of nitrogens with zero attached hydrogens (tertiary/aromatic N) is 3. The van der Waals surface area contributed by atoms with Crippen molar-refractivity contribution in [2.24, 2.45) is 0 Å². The Morgan fingerprint density at radius 2 is 1.95 bits per heavy atom. The molecule has 5 heteroatoms. The molecule has 21 heavy (non-hydrogen) atoms. The average Bonchev–Trinajstić information content (AvgIpc) is 2.47. The molecule has 0 spiro atoms. The second kappa shape index (κ2) is 6.43. The number of para-hydroxylation sites is 1. The molecule has 112 valence electrons. The van der Waals surface area contributed by atoms with Crippen molar-refractivity contribution < 1.29 is 4.74 Å². The number of rotatable bonds is 5. The second-order valence-corrected chi connectivity index (χ2v) is 5.32. The van der Waals surface area contributed by atoms with Crippen LogP contribution in [0.2, 0.25) is 0 Å². The highest BCUT2D eigenvalue weighted by atomic mass is 16.5. The number of nitrogen functional groups attached to an aromatic ring is 1. The van der Waals surface area contributed by atoms with Crippen molar-refractivity contribution in [2.45, 2.75) is 26.3 Å². The lowest BCUT2D eigenvalue weighted by molar-refractivity contribution is 0.409. The minimum Gasteiger partial charge on any atom is -0.496 e. The molecule has 0 bridgehead atoms. The van der Waals surface area contributed by atoms with Crippen molar-refractivity contribution in [3.8, 4) is 5.75 Å².